The van der Waals surface area contributed by atoms with E-state index in [0.717, 1.165) is 25.7 Å². The van der Waals surface area contributed by atoms with Crippen molar-refractivity contribution in [3.05, 3.63) is 0 Å². The quantitative estimate of drug-likeness (QED) is 0.576. The highest BCUT2D eigenvalue weighted by Gasteiger charge is 2.24. The van der Waals surface area contributed by atoms with Gasteiger partial charge in [-0.15, -0.1) is 0 Å². The average Bonchev–Trinajstić information content (AvgIpc) is 2.03. The smallest absolute Gasteiger partial charge is 0.157 e. The molecule has 3 heteroatoms. The summed E-state index contributed by atoms with van der Waals surface area (Å²) in [6.45, 7) is 0. The van der Waals surface area contributed by atoms with Crippen molar-refractivity contribution in [1.29, 1.82) is 0 Å². The fourth-order valence-electron chi connectivity index (χ4n) is 1.72. The molecule has 1 rings (SSSR count). The highest BCUT2D eigenvalue weighted by Crippen LogP contribution is 2.25. The average molecular weight is 159 g/mol. The van der Waals surface area contributed by atoms with Crippen molar-refractivity contribution < 1.29 is 9.84 Å². The Morgan fingerprint density at radius 1 is 1.55 bits per heavy atom. The van der Waals surface area contributed by atoms with Crippen LogP contribution in [-0.4, -0.2) is 24.5 Å². The van der Waals surface area contributed by atoms with Crippen LogP contribution in [0.5, 0.6) is 0 Å². The normalized spacial score (nSPS) is 35.2. The van der Waals surface area contributed by atoms with E-state index < -0.39 is 6.29 Å². The van der Waals surface area contributed by atoms with Crippen molar-refractivity contribution >= 4 is 0 Å². The van der Waals surface area contributed by atoms with Crippen LogP contribution in [0.3, 0.4) is 0 Å². The van der Waals surface area contributed by atoms with Crippen LogP contribution < -0.4 is 5.73 Å². The molecule has 0 aromatic carbocycles. The van der Waals surface area contributed by atoms with E-state index in [4.69, 9.17) is 10.5 Å². The zero-order chi connectivity index (χ0) is 8.27. The Morgan fingerprint density at radius 3 is 2.82 bits per heavy atom. The van der Waals surface area contributed by atoms with Gasteiger partial charge < -0.3 is 15.6 Å². The van der Waals surface area contributed by atoms with Gasteiger partial charge in [0.25, 0.3) is 0 Å². The molecule has 0 aliphatic heterocycles. The molecule has 0 saturated heterocycles. The highest BCUT2D eigenvalue weighted by molar-refractivity contribution is 4.76. The van der Waals surface area contributed by atoms with Gasteiger partial charge in [0.15, 0.2) is 6.29 Å². The van der Waals surface area contributed by atoms with Gasteiger partial charge in [0, 0.05) is 19.1 Å². The SMILES string of the molecule is COC(O)[C@H]1CCCC(N)C1. The Balaban J connectivity index is 2.33. The number of hydrogen-bond donors (Lipinski definition) is 2. The van der Waals surface area contributed by atoms with E-state index in [2.05, 4.69) is 0 Å². The van der Waals surface area contributed by atoms with E-state index in [-0.39, 0.29) is 12.0 Å². The van der Waals surface area contributed by atoms with E-state index in [1.807, 2.05) is 0 Å². The Morgan fingerprint density at radius 2 is 2.27 bits per heavy atom. The largest absolute Gasteiger partial charge is 0.368 e. The molecule has 1 saturated carbocycles. The van der Waals surface area contributed by atoms with Crippen LogP contribution in [0.25, 0.3) is 0 Å². The van der Waals surface area contributed by atoms with Crippen LogP contribution in [-0.2, 0) is 4.74 Å². The molecule has 0 radical (unpaired) electrons. The van der Waals surface area contributed by atoms with Gasteiger partial charge in [-0.25, -0.2) is 0 Å². The van der Waals surface area contributed by atoms with Gasteiger partial charge in [-0.2, -0.15) is 0 Å². The van der Waals surface area contributed by atoms with Crippen LogP contribution >= 0.6 is 0 Å². The zero-order valence-electron chi connectivity index (χ0n) is 6.99. The molecule has 11 heavy (non-hydrogen) atoms. The molecule has 0 bridgehead atoms. The second-order valence-corrected chi connectivity index (χ2v) is 3.31. The fourth-order valence-corrected chi connectivity index (χ4v) is 1.72. The van der Waals surface area contributed by atoms with Gasteiger partial charge >= 0.3 is 0 Å². The predicted molar refractivity (Wildman–Crippen MR) is 42.9 cm³/mol. The summed E-state index contributed by atoms with van der Waals surface area (Å²) >= 11 is 0. The number of aliphatic hydroxyl groups is 1. The molecule has 3 atom stereocenters. The van der Waals surface area contributed by atoms with Gasteiger partial charge in [-0.1, -0.05) is 6.42 Å². The Bertz CT molecular complexity index is 119. The predicted octanol–water partition coefficient (Wildman–Crippen LogP) is 0.469. The first-order valence-electron chi connectivity index (χ1n) is 4.20. The molecule has 3 N–H and O–H groups in total. The number of ether oxygens (including phenoxy) is 1. The Kier molecular flexibility index (Phi) is 3.30. The van der Waals surface area contributed by atoms with Crippen molar-refractivity contribution in [3.63, 3.8) is 0 Å². The van der Waals surface area contributed by atoms with E-state index >= 15 is 0 Å². The minimum absolute atomic E-state index is 0.253. The lowest BCUT2D eigenvalue weighted by atomic mass is 9.86. The number of rotatable bonds is 2. The van der Waals surface area contributed by atoms with Crippen LogP contribution in [0.4, 0.5) is 0 Å². The highest BCUT2D eigenvalue weighted by atomic mass is 16.6. The maximum atomic E-state index is 9.32. The van der Waals surface area contributed by atoms with E-state index in [9.17, 15) is 5.11 Å². The van der Waals surface area contributed by atoms with E-state index in [1.54, 1.807) is 0 Å². The van der Waals surface area contributed by atoms with Crippen molar-refractivity contribution in [2.45, 2.75) is 38.0 Å². The second-order valence-electron chi connectivity index (χ2n) is 3.31. The number of aliphatic hydroxyl groups excluding tert-OH is 1. The van der Waals surface area contributed by atoms with Gasteiger partial charge in [0.2, 0.25) is 0 Å². The Labute approximate surface area is 67.5 Å². The maximum absolute atomic E-state index is 9.32. The first-order valence-corrected chi connectivity index (χ1v) is 4.20. The number of methoxy groups -OCH3 is 1. The molecule has 3 nitrogen and oxygen atoms in total. The summed E-state index contributed by atoms with van der Waals surface area (Å²) < 4.78 is 4.84. The molecule has 0 heterocycles. The van der Waals surface area contributed by atoms with Gasteiger partial charge in [0.1, 0.15) is 0 Å². The fraction of sp³-hybridized carbons (Fsp3) is 1.00. The molecule has 66 valence electrons. The van der Waals surface area contributed by atoms with Crippen molar-refractivity contribution in [2.24, 2.45) is 11.7 Å². The maximum Gasteiger partial charge on any atom is 0.157 e. The topological polar surface area (TPSA) is 55.5 Å². The molecule has 1 fully saturated rings. The van der Waals surface area contributed by atoms with Gasteiger partial charge in [-0.3, -0.25) is 0 Å². The van der Waals surface area contributed by atoms with Gasteiger partial charge in [0.05, 0.1) is 0 Å². The van der Waals surface area contributed by atoms with Gasteiger partial charge in [-0.05, 0) is 19.3 Å². The monoisotopic (exact) mass is 159 g/mol. The molecular formula is C8H17NO2. The van der Waals surface area contributed by atoms with Crippen molar-refractivity contribution in [1.82, 2.24) is 0 Å². The first kappa shape index (κ1) is 8.97. The van der Waals surface area contributed by atoms with Crippen molar-refractivity contribution in [3.8, 4) is 0 Å². The van der Waals surface area contributed by atoms with Crippen LogP contribution in [0.1, 0.15) is 25.7 Å². The van der Waals surface area contributed by atoms with E-state index in [0.29, 0.717) is 0 Å². The molecular weight excluding hydrogens is 142 g/mol. The summed E-state index contributed by atoms with van der Waals surface area (Å²) in [6.07, 6.45) is 3.54. The molecule has 1 aliphatic rings. The Hall–Kier alpha value is -0.120. The molecule has 0 aromatic rings. The summed E-state index contributed by atoms with van der Waals surface area (Å²) in [5, 5.41) is 9.32. The third-order valence-corrected chi connectivity index (χ3v) is 2.40. The van der Waals surface area contributed by atoms with Crippen LogP contribution in [0.2, 0.25) is 0 Å². The summed E-state index contributed by atoms with van der Waals surface area (Å²) in [4.78, 5) is 0. The third-order valence-electron chi connectivity index (χ3n) is 2.40. The van der Waals surface area contributed by atoms with Crippen LogP contribution in [0, 0.1) is 5.92 Å². The minimum Gasteiger partial charge on any atom is -0.368 e. The summed E-state index contributed by atoms with van der Waals surface area (Å²) in [6, 6.07) is 0.263. The summed E-state index contributed by atoms with van der Waals surface area (Å²) in [5.74, 6) is 0.253. The summed E-state index contributed by atoms with van der Waals surface area (Å²) in [7, 11) is 1.53. The lowest BCUT2D eigenvalue weighted by Gasteiger charge is -2.29. The first-order chi connectivity index (χ1) is 5.24. The molecule has 1 aliphatic carbocycles. The minimum atomic E-state index is -0.610. The lowest BCUT2D eigenvalue weighted by Crippen LogP contribution is -2.34. The standard InChI is InChI=1S/C8H17NO2/c1-11-8(10)6-3-2-4-7(9)5-6/h6-8,10H,2-5,9H2,1H3/t6-,7?,8?/m0/s1. The number of hydrogen-bond acceptors (Lipinski definition) is 3. The molecule has 0 amide bonds. The lowest BCUT2D eigenvalue weighted by molar-refractivity contribution is -0.121. The van der Waals surface area contributed by atoms with E-state index in [1.165, 1.54) is 7.11 Å². The zero-order valence-corrected chi connectivity index (χ0v) is 6.99. The number of nitrogens with two attached hydrogens (primary N) is 1. The molecule has 2 unspecified atom stereocenters. The third kappa shape index (κ3) is 2.43. The second kappa shape index (κ2) is 4.04. The van der Waals surface area contributed by atoms with Crippen LogP contribution in [0.15, 0.2) is 0 Å². The molecule has 0 spiro atoms. The van der Waals surface area contributed by atoms with Crippen molar-refractivity contribution in [2.75, 3.05) is 7.11 Å². The molecule has 0 aromatic heterocycles. The summed E-state index contributed by atoms with van der Waals surface area (Å²) in [5.41, 5.74) is 5.75.